The van der Waals surface area contributed by atoms with Gasteiger partial charge in [-0.3, -0.25) is 0 Å². The maximum atomic E-state index is 13.2. The van der Waals surface area contributed by atoms with Crippen molar-refractivity contribution in [1.29, 1.82) is 0 Å². The van der Waals surface area contributed by atoms with Gasteiger partial charge < -0.3 is 9.47 Å². The zero-order valence-electron chi connectivity index (χ0n) is 11.6. The molecule has 1 aromatic rings. The summed E-state index contributed by atoms with van der Waals surface area (Å²) < 4.78 is 49.2. The van der Waals surface area contributed by atoms with Crippen molar-refractivity contribution >= 4 is 46.2 Å². The van der Waals surface area contributed by atoms with Crippen LogP contribution in [-0.2, 0) is 9.53 Å². The summed E-state index contributed by atoms with van der Waals surface area (Å²) in [6.45, 7) is 3.33. The topological polar surface area (TPSA) is 35.5 Å². The highest BCUT2D eigenvalue weighted by molar-refractivity contribution is 14.1. The molecule has 0 amide bonds. The van der Waals surface area contributed by atoms with Crippen LogP contribution in [0, 0.1) is 13.8 Å². The van der Waals surface area contributed by atoms with Crippen molar-refractivity contribution in [3.8, 4) is 5.75 Å². The second kappa shape index (κ2) is 6.27. The first kappa shape index (κ1) is 17.4. The van der Waals surface area contributed by atoms with Gasteiger partial charge in [0.15, 0.2) is 0 Å². The molecule has 0 spiro atoms. The van der Waals surface area contributed by atoms with Crippen LogP contribution >= 0.6 is 34.2 Å². The van der Waals surface area contributed by atoms with Crippen molar-refractivity contribution in [2.24, 2.45) is 0 Å². The molecule has 3 nitrogen and oxygen atoms in total. The van der Waals surface area contributed by atoms with Gasteiger partial charge in [-0.25, -0.2) is 4.79 Å². The third-order valence-electron chi connectivity index (χ3n) is 3.24. The standard InChI is InChI=1S/C14H11ClF3IO3/c1-6-3-10-8(7(2)11(6)15)4-9(13(20)21-5-19)12(22-10)14(16,17)18/h3-4,12H,5H2,1-2H3. The van der Waals surface area contributed by atoms with Gasteiger partial charge in [0.05, 0.1) is 5.57 Å². The van der Waals surface area contributed by atoms with Crippen LogP contribution in [-0.4, -0.2) is 22.9 Å². The van der Waals surface area contributed by atoms with E-state index in [9.17, 15) is 18.0 Å². The number of hydrogen-bond acceptors (Lipinski definition) is 3. The summed E-state index contributed by atoms with van der Waals surface area (Å²) >= 11 is 7.83. The summed E-state index contributed by atoms with van der Waals surface area (Å²) in [6, 6.07) is 1.43. The van der Waals surface area contributed by atoms with E-state index >= 15 is 0 Å². The van der Waals surface area contributed by atoms with Crippen LogP contribution in [0.1, 0.15) is 16.7 Å². The van der Waals surface area contributed by atoms with Crippen molar-refractivity contribution in [1.82, 2.24) is 0 Å². The number of benzene rings is 1. The average Bonchev–Trinajstić information content (AvgIpc) is 2.43. The Bertz CT molecular complexity index is 656. The van der Waals surface area contributed by atoms with Crippen LogP contribution in [0.4, 0.5) is 13.2 Å². The molecular formula is C14H11ClF3IO3. The zero-order valence-corrected chi connectivity index (χ0v) is 14.5. The van der Waals surface area contributed by atoms with Gasteiger partial charge in [-0.2, -0.15) is 13.2 Å². The number of rotatable bonds is 2. The normalized spacial score (nSPS) is 17.4. The monoisotopic (exact) mass is 446 g/mol. The minimum absolute atomic E-state index is 0.0488. The molecule has 2 rings (SSSR count). The van der Waals surface area contributed by atoms with Crippen LogP contribution in [0.15, 0.2) is 11.6 Å². The number of halogens is 5. The Morgan fingerprint density at radius 3 is 2.64 bits per heavy atom. The number of hydrogen-bond donors (Lipinski definition) is 0. The van der Waals surface area contributed by atoms with E-state index in [1.54, 1.807) is 36.4 Å². The van der Waals surface area contributed by atoms with E-state index in [1.807, 2.05) is 0 Å². The lowest BCUT2D eigenvalue weighted by Crippen LogP contribution is -2.40. The molecule has 0 saturated heterocycles. The number of carbonyl (C=O) groups is 1. The maximum Gasteiger partial charge on any atom is 0.430 e. The van der Waals surface area contributed by atoms with Gasteiger partial charge in [0.1, 0.15) is 10.4 Å². The molecule has 1 unspecified atom stereocenters. The number of aryl methyl sites for hydroxylation is 1. The molecule has 0 N–H and O–H groups in total. The second-order valence-corrected chi connectivity index (χ2v) is 5.73. The Kier molecular flexibility index (Phi) is 4.96. The Hall–Kier alpha value is -0.960. The van der Waals surface area contributed by atoms with E-state index in [1.165, 1.54) is 6.07 Å². The minimum atomic E-state index is -4.73. The van der Waals surface area contributed by atoms with Crippen LogP contribution in [0.25, 0.3) is 6.08 Å². The van der Waals surface area contributed by atoms with Gasteiger partial charge in [-0.15, -0.1) is 0 Å². The van der Waals surface area contributed by atoms with Crippen LogP contribution < -0.4 is 4.74 Å². The Balaban J connectivity index is 2.61. The lowest BCUT2D eigenvalue weighted by molar-refractivity contribution is -0.187. The van der Waals surface area contributed by atoms with Crippen molar-refractivity contribution in [2.75, 3.05) is 4.61 Å². The lowest BCUT2D eigenvalue weighted by atomic mass is 9.96. The SMILES string of the molecule is Cc1cc2c(c(C)c1Cl)C=C(C(=O)OCI)C(C(F)(F)F)O2. The molecule has 22 heavy (non-hydrogen) atoms. The predicted molar refractivity (Wildman–Crippen MR) is 84.4 cm³/mol. The van der Waals surface area contributed by atoms with Gasteiger partial charge in [0.2, 0.25) is 6.10 Å². The van der Waals surface area contributed by atoms with E-state index in [0.717, 1.165) is 6.08 Å². The van der Waals surface area contributed by atoms with Gasteiger partial charge >= 0.3 is 12.1 Å². The molecule has 0 aliphatic carbocycles. The molecule has 0 bridgehead atoms. The quantitative estimate of drug-likeness (QED) is 0.378. The van der Waals surface area contributed by atoms with Gasteiger partial charge in [-0.1, -0.05) is 11.6 Å². The number of esters is 1. The molecule has 0 aromatic heterocycles. The molecule has 1 aliphatic rings. The zero-order chi connectivity index (χ0) is 16.7. The van der Waals surface area contributed by atoms with Crippen LogP contribution in [0.5, 0.6) is 5.75 Å². The van der Waals surface area contributed by atoms with Crippen molar-refractivity contribution in [3.05, 3.63) is 33.4 Å². The Morgan fingerprint density at radius 1 is 1.45 bits per heavy atom. The van der Waals surface area contributed by atoms with Crippen LogP contribution in [0.3, 0.4) is 0 Å². The first-order chi connectivity index (χ1) is 10.2. The van der Waals surface area contributed by atoms with Crippen LogP contribution in [0.2, 0.25) is 5.02 Å². The van der Waals surface area contributed by atoms with Gasteiger partial charge in [-0.05, 0) is 59.7 Å². The molecule has 0 fully saturated rings. The molecule has 8 heteroatoms. The molecular weight excluding hydrogens is 436 g/mol. The fourth-order valence-electron chi connectivity index (χ4n) is 2.18. The smallest absolute Gasteiger partial charge is 0.430 e. The maximum absolute atomic E-state index is 13.2. The molecule has 1 aliphatic heterocycles. The molecule has 1 heterocycles. The van der Waals surface area contributed by atoms with E-state index in [2.05, 4.69) is 4.74 Å². The lowest BCUT2D eigenvalue weighted by Gasteiger charge is -2.29. The molecule has 0 radical (unpaired) electrons. The predicted octanol–water partition coefficient (Wildman–Crippen LogP) is 4.60. The van der Waals surface area contributed by atoms with E-state index in [-0.39, 0.29) is 10.4 Å². The summed E-state index contributed by atoms with van der Waals surface area (Å²) in [7, 11) is 0. The van der Waals surface area contributed by atoms with Gasteiger partial charge in [0, 0.05) is 10.6 Å². The first-order valence-electron chi connectivity index (χ1n) is 6.14. The molecule has 0 saturated carbocycles. The fraction of sp³-hybridized carbons (Fsp3) is 0.357. The van der Waals surface area contributed by atoms with E-state index < -0.39 is 23.8 Å². The first-order valence-corrected chi connectivity index (χ1v) is 8.05. The third kappa shape index (κ3) is 3.19. The highest BCUT2D eigenvalue weighted by Gasteiger charge is 2.49. The summed E-state index contributed by atoms with van der Waals surface area (Å²) in [4.78, 5) is 11.8. The average molecular weight is 447 g/mol. The van der Waals surface area contributed by atoms with Crippen molar-refractivity contribution < 1.29 is 27.4 Å². The summed E-state index contributed by atoms with van der Waals surface area (Å²) in [6.07, 6.45) is -5.93. The van der Waals surface area contributed by atoms with Gasteiger partial charge in [0.25, 0.3) is 0 Å². The summed E-state index contributed by atoms with van der Waals surface area (Å²) in [5.41, 5.74) is 0.929. The number of carbonyl (C=O) groups excluding carboxylic acids is 1. The molecule has 1 aromatic carbocycles. The molecule has 1 atom stereocenters. The summed E-state index contributed by atoms with van der Waals surface area (Å²) in [5, 5.41) is 0.422. The highest BCUT2D eigenvalue weighted by atomic mass is 127. The van der Waals surface area contributed by atoms with Crippen molar-refractivity contribution in [3.63, 3.8) is 0 Å². The Morgan fingerprint density at radius 2 is 2.09 bits per heavy atom. The number of ether oxygens (including phenoxy) is 2. The third-order valence-corrected chi connectivity index (χ3v) is 4.13. The summed E-state index contributed by atoms with van der Waals surface area (Å²) in [5.74, 6) is -1.01. The fourth-order valence-corrected chi connectivity index (χ4v) is 2.62. The van der Waals surface area contributed by atoms with E-state index in [0.29, 0.717) is 21.7 Å². The minimum Gasteiger partial charge on any atom is -0.475 e. The highest BCUT2D eigenvalue weighted by Crippen LogP contribution is 2.41. The van der Waals surface area contributed by atoms with E-state index in [4.69, 9.17) is 16.3 Å². The second-order valence-electron chi connectivity index (χ2n) is 4.72. The number of alkyl halides is 4. The number of fused-ring (bicyclic) bond motifs is 1. The van der Waals surface area contributed by atoms with Crippen molar-refractivity contribution in [2.45, 2.75) is 26.1 Å². The molecule has 120 valence electrons. The Labute approximate surface area is 143 Å². The largest absolute Gasteiger partial charge is 0.475 e.